The fraction of sp³-hybridized carbons (Fsp3) is 0.278. The van der Waals surface area contributed by atoms with E-state index in [0.717, 1.165) is 36.3 Å². The molecular weight excluding hydrogens is 260 g/mol. The molecule has 0 spiro atoms. The fourth-order valence-corrected chi connectivity index (χ4v) is 2.76. The molecule has 3 nitrogen and oxygen atoms in total. The van der Waals surface area contributed by atoms with Gasteiger partial charge in [-0.15, -0.1) is 0 Å². The zero-order valence-electron chi connectivity index (χ0n) is 12.5. The number of amides is 1. The summed E-state index contributed by atoms with van der Waals surface area (Å²) in [5.41, 5.74) is 5.42. The molecular formula is C18H20N2O. The summed E-state index contributed by atoms with van der Waals surface area (Å²) < 4.78 is 0. The largest absolute Gasteiger partial charge is 0.312 e. The van der Waals surface area contributed by atoms with Crippen LogP contribution in [0.3, 0.4) is 0 Å². The highest BCUT2D eigenvalue weighted by Crippen LogP contribution is 2.20. The smallest absolute Gasteiger partial charge is 0.258 e. The third-order valence-corrected chi connectivity index (χ3v) is 4.03. The number of carbonyl (C=O) groups excluding carboxylic acids is 1. The lowest BCUT2D eigenvalue weighted by atomic mass is 9.98. The van der Waals surface area contributed by atoms with Gasteiger partial charge in [0.25, 0.3) is 5.91 Å². The summed E-state index contributed by atoms with van der Waals surface area (Å²) in [4.78, 5) is 14.4. The maximum absolute atomic E-state index is 12.6. The summed E-state index contributed by atoms with van der Waals surface area (Å²) in [6.45, 7) is 3.90. The summed E-state index contributed by atoms with van der Waals surface area (Å²) >= 11 is 0. The van der Waals surface area contributed by atoms with Gasteiger partial charge in [0.05, 0.1) is 0 Å². The molecule has 0 radical (unpaired) electrons. The highest BCUT2D eigenvalue weighted by molar-refractivity contribution is 6.05. The number of hydrogen-bond acceptors (Lipinski definition) is 2. The van der Waals surface area contributed by atoms with Gasteiger partial charge in [0, 0.05) is 24.8 Å². The first kappa shape index (κ1) is 13.8. The van der Waals surface area contributed by atoms with E-state index in [9.17, 15) is 4.79 Å². The number of anilines is 1. The van der Waals surface area contributed by atoms with Crippen molar-refractivity contribution < 1.29 is 4.79 Å². The molecule has 0 saturated carbocycles. The number of nitrogens with zero attached hydrogens (tertiary/aromatic N) is 1. The first-order chi connectivity index (χ1) is 10.1. The van der Waals surface area contributed by atoms with Gasteiger partial charge in [-0.3, -0.25) is 4.79 Å². The summed E-state index contributed by atoms with van der Waals surface area (Å²) in [6.07, 6.45) is 1.04. The third kappa shape index (κ3) is 2.83. The second kappa shape index (κ2) is 5.70. The average Bonchev–Trinajstić information content (AvgIpc) is 2.53. The van der Waals surface area contributed by atoms with Gasteiger partial charge in [-0.1, -0.05) is 18.2 Å². The molecule has 3 heteroatoms. The molecule has 1 N–H and O–H groups in total. The van der Waals surface area contributed by atoms with Crippen LogP contribution in [0.15, 0.2) is 42.5 Å². The predicted molar refractivity (Wildman–Crippen MR) is 85.8 cm³/mol. The molecule has 1 aliphatic rings. The standard InChI is InChI=1S/C18H20N2O/c1-13-4-3-5-17(10-13)20(2)18(21)15-7-6-14-8-9-19-12-16(14)11-15/h3-7,10-11,19H,8-9,12H2,1-2H3. The number of hydrogen-bond donors (Lipinski definition) is 1. The molecule has 21 heavy (non-hydrogen) atoms. The minimum Gasteiger partial charge on any atom is -0.312 e. The van der Waals surface area contributed by atoms with Crippen molar-refractivity contribution in [2.45, 2.75) is 19.9 Å². The first-order valence-corrected chi connectivity index (χ1v) is 7.32. The van der Waals surface area contributed by atoms with Crippen LogP contribution in [0.5, 0.6) is 0 Å². The lowest BCUT2D eigenvalue weighted by Gasteiger charge is -2.21. The summed E-state index contributed by atoms with van der Waals surface area (Å²) in [5, 5.41) is 3.35. The van der Waals surface area contributed by atoms with Crippen molar-refractivity contribution in [3.63, 3.8) is 0 Å². The van der Waals surface area contributed by atoms with E-state index in [2.05, 4.69) is 11.4 Å². The van der Waals surface area contributed by atoms with Crippen LogP contribution in [0.4, 0.5) is 5.69 Å². The van der Waals surface area contributed by atoms with Gasteiger partial charge >= 0.3 is 0 Å². The van der Waals surface area contributed by atoms with E-state index in [4.69, 9.17) is 0 Å². The minimum atomic E-state index is 0.0361. The SMILES string of the molecule is Cc1cccc(N(C)C(=O)c2ccc3c(c2)CNCC3)c1. The number of nitrogens with one attached hydrogen (secondary N) is 1. The molecule has 0 bridgehead atoms. The molecule has 0 unspecified atom stereocenters. The summed E-state index contributed by atoms with van der Waals surface area (Å²) in [7, 11) is 1.83. The second-order valence-electron chi connectivity index (χ2n) is 5.61. The normalized spacial score (nSPS) is 13.6. The number of carbonyl (C=O) groups is 1. The zero-order valence-corrected chi connectivity index (χ0v) is 12.5. The van der Waals surface area contributed by atoms with Crippen molar-refractivity contribution in [1.82, 2.24) is 5.32 Å². The molecule has 0 atom stereocenters. The van der Waals surface area contributed by atoms with E-state index in [-0.39, 0.29) is 5.91 Å². The molecule has 108 valence electrons. The van der Waals surface area contributed by atoms with E-state index < -0.39 is 0 Å². The van der Waals surface area contributed by atoms with Crippen LogP contribution in [0.2, 0.25) is 0 Å². The van der Waals surface area contributed by atoms with Crippen molar-refractivity contribution in [2.75, 3.05) is 18.5 Å². The van der Waals surface area contributed by atoms with Gasteiger partial charge in [-0.25, -0.2) is 0 Å². The summed E-state index contributed by atoms with van der Waals surface area (Å²) in [5.74, 6) is 0.0361. The van der Waals surface area contributed by atoms with E-state index >= 15 is 0 Å². The van der Waals surface area contributed by atoms with Gasteiger partial charge in [0.15, 0.2) is 0 Å². The Bertz CT molecular complexity index is 679. The summed E-state index contributed by atoms with van der Waals surface area (Å²) in [6, 6.07) is 14.1. The van der Waals surface area contributed by atoms with Crippen molar-refractivity contribution in [1.29, 1.82) is 0 Å². The van der Waals surface area contributed by atoms with Crippen LogP contribution in [-0.4, -0.2) is 19.5 Å². The number of rotatable bonds is 2. The van der Waals surface area contributed by atoms with Crippen LogP contribution in [0, 0.1) is 6.92 Å². The number of fused-ring (bicyclic) bond motifs is 1. The Morgan fingerprint density at radius 2 is 2.00 bits per heavy atom. The van der Waals surface area contributed by atoms with Gasteiger partial charge < -0.3 is 10.2 Å². The molecule has 2 aromatic carbocycles. The highest BCUT2D eigenvalue weighted by atomic mass is 16.2. The third-order valence-electron chi connectivity index (χ3n) is 4.03. The van der Waals surface area contributed by atoms with Crippen LogP contribution in [0.25, 0.3) is 0 Å². The van der Waals surface area contributed by atoms with Crippen LogP contribution in [-0.2, 0) is 13.0 Å². The fourth-order valence-electron chi connectivity index (χ4n) is 2.76. The van der Waals surface area contributed by atoms with E-state index in [1.165, 1.54) is 11.1 Å². The van der Waals surface area contributed by atoms with E-state index in [1.54, 1.807) is 4.90 Å². The Kier molecular flexibility index (Phi) is 3.76. The van der Waals surface area contributed by atoms with Crippen LogP contribution < -0.4 is 10.2 Å². The Hall–Kier alpha value is -2.13. The monoisotopic (exact) mass is 280 g/mol. The van der Waals surface area contributed by atoms with Gasteiger partial charge in [0.1, 0.15) is 0 Å². The van der Waals surface area contributed by atoms with Crippen molar-refractivity contribution in [3.8, 4) is 0 Å². The maximum Gasteiger partial charge on any atom is 0.258 e. The lowest BCUT2D eigenvalue weighted by Crippen LogP contribution is -2.28. The quantitative estimate of drug-likeness (QED) is 0.917. The molecule has 0 aromatic heterocycles. The molecule has 1 heterocycles. The van der Waals surface area contributed by atoms with E-state index in [0.29, 0.717) is 0 Å². The Labute approximate surface area is 125 Å². The molecule has 3 rings (SSSR count). The Balaban J connectivity index is 1.88. The van der Waals surface area contributed by atoms with Crippen LogP contribution >= 0.6 is 0 Å². The maximum atomic E-state index is 12.6. The number of benzene rings is 2. The molecule has 1 aliphatic heterocycles. The highest BCUT2D eigenvalue weighted by Gasteiger charge is 2.16. The molecule has 0 aliphatic carbocycles. The minimum absolute atomic E-state index is 0.0361. The van der Waals surface area contributed by atoms with Gasteiger partial charge in [0.2, 0.25) is 0 Å². The number of aryl methyl sites for hydroxylation is 1. The van der Waals surface area contributed by atoms with E-state index in [1.807, 2.05) is 50.4 Å². The predicted octanol–water partition coefficient (Wildman–Crippen LogP) is 2.92. The lowest BCUT2D eigenvalue weighted by molar-refractivity contribution is 0.0993. The molecule has 1 amide bonds. The van der Waals surface area contributed by atoms with Gasteiger partial charge in [-0.05, 0) is 60.8 Å². The average molecular weight is 280 g/mol. The zero-order chi connectivity index (χ0) is 14.8. The van der Waals surface area contributed by atoms with Crippen LogP contribution in [0.1, 0.15) is 27.0 Å². The Morgan fingerprint density at radius 3 is 2.81 bits per heavy atom. The molecule has 2 aromatic rings. The molecule has 0 fully saturated rings. The Morgan fingerprint density at radius 1 is 1.14 bits per heavy atom. The topological polar surface area (TPSA) is 32.3 Å². The van der Waals surface area contributed by atoms with Crippen molar-refractivity contribution in [3.05, 3.63) is 64.7 Å². The van der Waals surface area contributed by atoms with Crippen molar-refractivity contribution in [2.24, 2.45) is 0 Å². The van der Waals surface area contributed by atoms with Gasteiger partial charge in [-0.2, -0.15) is 0 Å². The second-order valence-corrected chi connectivity index (χ2v) is 5.61. The molecule has 0 saturated heterocycles. The van der Waals surface area contributed by atoms with Crippen molar-refractivity contribution >= 4 is 11.6 Å². The first-order valence-electron chi connectivity index (χ1n) is 7.32.